The van der Waals surface area contributed by atoms with Gasteiger partial charge in [0, 0.05) is 25.5 Å². The molecule has 1 aromatic carbocycles. The summed E-state index contributed by atoms with van der Waals surface area (Å²) in [6.45, 7) is 3.05. The minimum absolute atomic E-state index is 0. The molecule has 1 fully saturated rings. The Labute approximate surface area is 167 Å². The predicted molar refractivity (Wildman–Crippen MR) is 110 cm³/mol. The lowest BCUT2D eigenvalue weighted by atomic mass is 9.95. The van der Waals surface area contributed by atoms with Gasteiger partial charge in [0.1, 0.15) is 6.04 Å². The molecule has 0 aromatic heterocycles. The number of thiocarbonyl (C=S) groups is 1. The highest BCUT2D eigenvalue weighted by Crippen LogP contribution is 2.20. The van der Waals surface area contributed by atoms with E-state index >= 15 is 0 Å². The maximum Gasteiger partial charge on any atom is 0.328 e. The summed E-state index contributed by atoms with van der Waals surface area (Å²) in [4.78, 5) is 12.8. The smallest absolute Gasteiger partial charge is 0.328 e. The highest BCUT2D eigenvalue weighted by Gasteiger charge is 2.32. The quantitative estimate of drug-likeness (QED) is 0.516. The average Bonchev–Trinajstić information content (AvgIpc) is 3.16. The number of carbonyl (C=O) groups is 1. The molecule has 4 atom stereocenters. The van der Waals surface area contributed by atoms with Crippen molar-refractivity contribution in [3.63, 3.8) is 0 Å². The lowest BCUT2D eigenvalue weighted by Gasteiger charge is -2.30. The van der Waals surface area contributed by atoms with Crippen LogP contribution in [0.2, 0.25) is 0 Å². The summed E-state index contributed by atoms with van der Waals surface area (Å²) in [6.07, 6.45) is 2.74. The van der Waals surface area contributed by atoms with Gasteiger partial charge >= 0.3 is 5.97 Å². The molecule has 0 aliphatic carbocycles. The maximum atomic E-state index is 12.2. The number of hydrogen-bond donors (Lipinski definition) is 2. The maximum absolute atomic E-state index is 12.2. The molecule has 1 aliphatic rings. The third kappa shape index (κ3) is 6.20. The SMILES string of the molecule is COC(=O)[C@H](Cc1ccccc1)NC(=S)[C@H](C)[C@@H](OC)[C@@H]1CCCN1.Cl. The van der Waals surface area contributed by atoms with E-state index in [1.807, 2.05) is 37.3 Å². The zero-order chi connectivity index (χ0) is 18.2. The van der Waals surface area contributed by atoms with Crippen LogP contribution in [0.1, 0.15) is 25.3 Å². The molecule has 5 nitrogen and oxygen atoms in total. The second-order valence-corrected chi connectivity index (χ2v) is 6.91. The van der Waals surface area contributed by atoms with Gasteiger partial charge in [-0.15, -0.1) is 12.4 Å². The van der Waals surface area contributed by atoms with E-state index in [-0.39, 0.29) is 30.4 Å². The van der Waals surface area contributed by atoms with E-state index in [0.717, 1.165) is 24.9 Å². The number of methoxy groups -OCH3 is 2. The molecular weight excluding hydrogens is 372 g/mol. The van der Waals surface area contributed by atoms with Gasteiger partial charge in [0.25, 0.3) is 0 Å². The number of hydrogen-bond acceptors (Lipinski definition) is 5. The Bertz CT molecular complexity index is 567. The summed E-state index contributed by atoms with van der Waals surface area (Å²) in [6, 6.07) is 9.64. The number of nitrogens with one attached hydrogen (secondary N) is 2. The van der Waals surface area contributed by atoms with Crippen LogP contribution < -0.4 is 10.6 Å². The first-order valence-corrected chi connectivity index (χ1v) is 9.16. The highest BCUT2D eigenvalue weighted by atomic mass is 35.5. The van der Waals surface area contributed by atoms with Gasteiger partial charge in [0.2, 0.25) is 0 Å². The highest BCUT2D eigenvalue weighted by molar-refractivity contribution is 7.80. The Morgan fingerprint density at radius 3 is 2.58 bits per heavy atom. The van der Waals surface area contributed by atoms with Gasteiger partial charge in [-0.25, -0.2) is 4.79 Å². The summed E-state index contributed by atoms with van der Waals surface area (Å²) in [7, 11) is 3.11. The minimum Gasteiger partial charge on any atom is -0.467 e. The third-order valence-electron chi connectivity index (χ3n) is 4.76. The van der Waals surface area contributed by atoms with Crippen molar-refractivity contribution in [3.05, 3.63) is 35.9 Å². The zero-order valence-electron chi connectivity index (χ0n) is 15.6. The van der Waals surface area contributed by atoms with Crippen molar-refractivity contribution in [3.8, 4) is 0 Å². The van der Waals surface area contributed by atoms with Gasteiger partial charge in [0.15, 0.2) is 0 Å². The summed E-state index contributed by atoms with van der Waals surface area (Å²) < 4.78 is 10.6. The lowest BCUT2D eigenvalue weighted by Crippen LogP contribution is -2.50. The molecule has 146 valence electrons. The fourth-order valence-corrected chi connectivity index (χ4v) is 3.62. The average molecular weight is 401 g/mol. The molecule has 1 aliphatic heterocycles. The van der Waals surface area contributed by atoms with E-state index in [4.69, 9.17) is 21.7 Å². The van der Waals surface area contributed by atoms with E-state index in [2.05, 4.69) is 10.6 Å². The third-order valence-corrected chi connectivity index (χ3v) is 5.25. The molecule has 0 unspecified atom stereocenters. The van der Waals surface area contributed by atoms with Crippen LogP contribution in [0.4, 0.5) is 0 Å². The van der Waals surface area contributed by atoms with E-state index in [0.29, 0.717) is 17.5 Å². The van der Waals surface area contributed by atoms with E-state index in [1.54, 1.807) is 7.11 Å². The number of carbonyl (C=O) groups excluding carboxylic acids is 1. The summed E-state index contributed by atoms with van der Waals surface area (Å²) in [5.41, 5.74) is 1.06. The molecule has 1 aromatic rings. The molecule has 0 saturated carbocycles. The number of esters is 1. The molecule has 26 heavy (non-hydrogen) atoms. The molecule has 1 heterocycles. The van der Waals surface area contributed by atoms with Crippen LogP contribution in [-0.4, -0.2) is 49.9 Å². The van der Waals surface area contributed by atoms with E-state index in [1.165, 1.54) is 7.11 Å². The van der Waals surface area contributed by atoms with Gasteiger partial charge in [-0.2, -0.15) is 0 Å². The monoisotopic (exact) mass is 400 g/mol. The molecule has 0 radical (unpaired) electrons. The van der Waals surface area contributed by atoms with Crippen molar-refractivity contribution in [2.45, 2.75) is 44.4 Å². The van der Waals surface area contributed by atoms with Crippen molar-refractivity contribution in [2.24, 2.45) is 5.92 Å². The Morgan fingerprint density at radius 1 is 1.35 bits per heavy atom. The Morgan fingerprint density at radius 2 is 2.04 bits per heavy atom. The molecule has 2 rings (SSSR count). The molecule has 1 saturated heterocycles. The first-order valence-electron chi connectivity index (χ1n) is 8.75. The molecule has 0 amide bonds. The lowest BCUT2D eigenvalue weighted by molar-refractivity contribution is -0.142. The molecular formula is C19H29ClN2O3S. The first-order chi connectivity index (χ1) is 12.1. The van der Waals surface area contributed by atoms with Crippen molar-refractivity contribution < 1.29 is 14.3 Å². The molecule has 7 heteroatoms. The van der Waals surface area contributed by atoms with Crippen molar-refractivity contribution in [1.29, 1.82) is 0 Å². The number of halogens is 1. The Kier molecular flexibility index (Phi) is 10.1. The van der Waals surface area contributed by atoms with Gasteiger partial charge < -0.3 is 20.1 Å². The number of benzene rings is 1. The van der Waals surface area contributed by atoms with E-state index in [9.17, 15) is 4.79 Å². The van der Waals surface area contributed by atoms with Gasteiger partial charge in [-0.3, -0.25) is 0 Å². The largest absolute Gasteiger partial charge is 0.467 e. The van der Waals surface area contributed by atoms with Crippen molar-refractivity contribution in [1.82, 2.24) is 10.6 Å². The van der Waals surface area contributed by atoms with Gasteiger partial charge in [0.05, 0.1) is 18.2 Å². The fraction of sp³-hybridized carbons (Fsp3) is 0.579. The first kappa shape index (κ1) is 22.8. The topological polar surface area (TPSA) is 59.6 Å². The number of rotatable bonds is 8. The van der Waals surface area contributed by atoms with Crippen LogP contribution in [0.25, 0.3) is 0 Å². The van der Waals surface area contributed by atoms with Crippen LogP contribution >= 0.6 is 24.6 Å². The fourth-order valence-electron chi connectivity index (χ4n) is 3.35. The van der Waals surface area contributed by atoms with Crippen LogP contribution in [0, 0.1) is 5.92 Å². The second kappa shape index (κ2) is 11.5. The Hall–Kier alpha value is -1.21. The van der Waals surface area contributed by atoms with Crippen LogP contribution in [0.3, 0.4) is 0 Å². The normalized spacial score (nSPS) is 19.7. The van der Waals surface area contributed by atoms with Crippen LogP contribution in [0.5, 0.6) is 0 Å². The van der Waals surface area contributed by atoms with Crippen molar-refractivity contribution in [2.75, 3.05) is 20.8 Å². The summed E-state index contributed by atoms with van der Waals surface area (Å²) in [5.74, 6) is -0.315. The van der Waals surface area contributed by atoms with Gasteiger partial charge in [-0.05, 0) is 24.9 Å². The standard InChI is InChI=1S/C19H28N2O3S.ClH/c1-13(17(23-2)15-10-7-11-20-15)18(25)21-16(19(22)24-3)12-14-8-5-4-6-9-14;/h4-6,8-9,13,15-17,20H,7,10-12H2,1-3H3,(H,21,25);1H/t13-,15+,16+,17-;/m1./s1. The number of ether oxygens (including phenoxy) is 2. The Balaban J connectivity index is 0.00000338. The summed E-state index contributed by atoms with van der Waals surface area (Å²) in [5, 5.41) is 6.67. The van der Waals surface area contributed by atoms with Crippen LogP contribution in [0.15, 0.2) is 30.3 Å². The molecule has 2 N–H and O–H groups in total. The van der Waals surface area contributed by atoms with Crippen LogP contribution in [-0.2, 0) is 20.7 Å². The van der Waals surface area contributed by atoms with Gasteiger partial charge in [-0.1, -0.05) is 49.5 Å². The molecule has 0 spiro atoms. The van der Waals surface area contributed by atoms with E-state index < -0.39 is 6.04 Å². The summed E-state index contributed by atoms with van der Waals surface area (Å²) >= 11 is 5.59. The zero-order valence-corrected chi connectivity index (χ0v) is 17.2. The second-order valence-electron chi connectivity index (χ2n) is 6.47. The molecule has 0 bridgehead atoms. The van der Waals surface area contributed by atoms with Crippen molar-refractivity contribution >= 4 is 35.6 Å². The minimum atomic E-state index is -0.503. The predicted octanol–water partition coefficient (Wildman–Crippen LogP) is 2.51.